The number of hydrogen-bond acceptors (Lipinski definition) is 6. The van der Waals surface area contributed by atoms with E-state index in [1.54, 1.807) is 6.20 Å². The molecule has 1 N–H and O–H groups in total. The Kier molecular flexibility index (Phi) is 6.39. The number of carbonyl (C=O) groups is 1. The van der Waals surface area contributed by atoms with Crippen LogP contribution in [0.5, 0.6) is 0 Å². The lowest BCUT2D eigenvalue weighted by Gasteiger charge is -2.20. The molecule has 0 aliphatic rings. The molecule has 158 valence electrons. The molecule has 0 saturated heterocycles. The van der Waals surface area contributed by atoms with Crippen LogP contribution in [0.4, 0.5) is 9.52 Å². The second-order valence-electron chi connectivity index (χ2n) is 6.60. The van der Waals surface area contributed by atoms with E-state index in [0.29, 0.717) is 10.7 Å². The number of carbonyl (C=O) groups excluding carboxylic acids is 1. The number of nitrogens with one attached hydrogen (secondary N) is 1. The molecule has 0 bridgehead atoms. The van der Waals surface area contributed by atoms with Crippen molar-refractivity contribution in [3.63, 3.8) is 0 Å². The van der Waals surface area contributed by atoms with Gasteiger partial charge in [-0.25, -0.2) is 17.8 Å². The molecule has 0 fully saturated rings. The summed E-state index contributed by atoms with van der Waals surface area (Å²) in [5.74, 6) is -1.11. The molecule has 2 heterocycles. The first-order valence-electron chi connectivity index (χ1n) is 8.64. The van der Waals surface area contributed by atoms with E-state index in [1.807, 2.05) is 6.92 Å². The molecule has 0 aliphatic carbocycles. The predicted molar refractivity (Wildman–Crippen MR) is 113 cm³/mol. The van der Waals surface area contributed by atoms with Gasteiger partial charge in [0, 0.05) is 41.0 Å². The highest BCUT2D eigenvalue weighted by Crippen LogP contribution is 2.25. The molecule has 1 atom stereocenters. The Labute approximate surface area is 181 Å². The Morgan fingerprint density at radius 1 is 1.33 bits per heavy atom. The minimum absolute atomic E-state index is 0.0923. The van der Waals surface area contributed by atoms with Crippen LogP contribution in [0, 0.1) is 12.7 Å². The van der Waals surface area contributed by atoms with E-state index in [4.69, 9.17) is 11.6 Å². The molecule has 3 aromatic rings. The van der Waals surface area contributed by atoms with Crippen molar-refractivity contribution >= 4 is 43.8 Å². The maximum Gasteiger partial charge on any atom is 0.252 e. The van der Waals surface area contributed by atoms with E-state index >= 15 is 0 Å². The lowest BCUT2D eigenvalue weighted by Crippen LogP contribution is -2.34. The van der Waals surface area contributed by atoms with Crippen LogP contribution in [0.1, 0.15) is 16.5 Å². The molecular formula is C19H17ClFN3O4S2. The molecule has 11 heteroatoms. The van der Waals surface area contributed by atoms with Crippen LogP contribution in [0.25, 0.3) is 0 Å². The number of rotatable bonds is 6. The van der Waals surface area contributed by atoms with Crippen molar-refractivity contribution in [1.29, 1.82) is 0 Å². The standard InChI is InChI=1S/C19H17ClFN3O4S2/c1-11-10-22-19(29-11)23-18(26)16(8-12-7-13(21)3-4-15(12)20)24-6-5-14(9-17(24)25)30(2,27)28/h3-7,9-10,16H,8H2,1-2H3,(H,22,23,26). The topological polar surface area (TPSA) is 98.1 Å². The van der Waals surface area contributed by atoms with Gasteiger partial charge in [-0.2, -0.15) is 0 Å². The van der Waals surface area contributed by atoms with Crippen molar-refractivity contribution in [2.75, 3.05) is 11.6 Å². The number of thiazole rings is 1. The number of aromatic nitrogens is 2. The minimum Gasteiger partial charge on any atom is -0.303 e. The van der Waals surface area contributed by atoms with E-state index in [2.05, 4.69) is 10.3 Å². The van der Waals surface area contributed by atoms with Crippen LogP contribution in [0.3, 0.4) is 0 Å². The first-order chi connectivity index (χ1) is 14.0. The summed E-state index contributed by atoms with van der Waals surface area (Å²) < 4.78 is 38.2. The molecular weight excluding hydrogens is 453 g/mol. The summed E-state index contributed by atoms with van der Waals surface area (Å²) in [5.41, 5.74) is -0.368. The van der Waals surface area contributed by atoms with Crippen LogP contribution < -0.4 is 10.9 Å². The van der Waals surface area contributed by atoms with Crippen molar-refractivity contribution in [1.82, 2.24) is 9.55 Å². The molecule has 0 spiro atoms. The minimum atomic E-state index is -3.60. The Morgan fingerprint density at radius 3 is 2.67 bits per heavy atom. The number of anilines is 1. The normalized spacial score (nSPS) is 12.5. The monoisotopic (exact) mass is 469 g/mol. The van der Waals surface area contributed by atoms with Crippen LogP contribution >= 0.6 is 22.9 Å². The van der Waals surface area contributed by atoms with Crippen molar-refractivity contribution in [2.45, 2.75) is 24.3 Å². The first-order valence-corrected chi connectivity index (χ1v) is 11.7. The first kappa shape index (κ1) is 22.1. The van der Waals surface area contributed by atoms with Crippen LogP contribution in [-0.2, 0) is 21.1 Å². The fourth-order valence-corrected chi connectivity index (χ4v) is 4.27. The smallest absolute Gasteiger partial charge is 0.252 e. The number of halogens is 2. The molecule has 0 aliphatic heterocycles. The predicted octanol–water partition coefficient (Wildman–Crippen LogP) is 3.23. The van der Waals surface area contributed by atoms with Gasteiger partial charge < -0.3 is 9.88 Å². The van der Waals surface area contributed by atoms with Gasteiger partial charge in [0.25, 0.3) is 5.56 Å². The summed E-state index contributed by atoms with van der Waals surface area (Å²) in [4.78, 5) is 30.4. The fraction of sp³-hybridized carbons (Fsp3) is 0.211. The van der Waals surface area contributed by atoms with E-state index < -0.39 is 33.2 Å². The second kappa shape index (κ2) is 8.66. The van der Waals surface area contributed by atoms with Gasteiger partial charge in [0.15, 0.2) is 15.0 Å². The average Bonchev–Trinajstić information content (AvgIpc) is 3.06. The maximum atomic E-state index is 13.7. The largest absolute Gasteiger partial charge is 0.303 e. The molecule has 1 amide bonds. The molecule has 0 radical (unpaired) electrons. The summed E-state index contributed by atoms with van der Waals surface area (Å²) in [6.45, 7) is 1.83. The molecule has 0 saturated carbocycles. The zero-order valence-corrected chi connectivity index (χ0v) is 18.3. The third kappa shape index (κ3) is 5.13. The van der Waals surface area contributed by atoms with Gasteiger partial charge in [0.05, 0.1) is 4.90 Å². The lowest BCUT2D eigenvalue weighted by molar-refractivity contribution is -0.119. The molecule has 1 aromatic carbocycles. The highest BCUT2D eigenvalue weighted by molar-refractivity contribution is 7.90. The van der Waals surface area contributed by atoms with Crippen molar-refractivity contribution < 1.29 is 17.6 Å². The van der Waals surface area contributed by atoms with Crippen molar-refractivity contribution in [3.05, 3.63) is 74.4 Å². The molecule has 2 aromatic heterocycles. The van der Waals surface area contributed by atoms with Gasteiger partial charge in [0.2, 0.25) is 5.91 Å². The lowest BCUT2D eigenvalue weighted by atomic mass is 10.0. The Hall–Kier alpha value is -2.56. The van der Waals surface area contributed by atoms with Crippen molar-refractivity contribution in [2.24, 2.45) is 0 Å². The Bertz CT molecular complexity index is 1270. The summed E-state index contributed by atoms with van der Waals surface area (Å²) in [6.07, 6.45) is 3.70. The fourth-order valence-electron chi connectivity index (χ4n) is 2.79. The number of amides is 1. The average molecular weight is 470 g/mol. The quantitative estimate of drug-likeness (QED) is 0.597. The number of hydrogen-bond donors (Lipinski definition) is 1. The molecule has 30 heavy (non-hydrogen) atoms. The highest BCUT2D eigenvalue weighted by atomic mass is 35.5. The van der Waals surface area contributed by atoms with E-state index in [0.717, 1.165) is 21.8 Å². The molecule has 3 rings (SSSR count). The zero-order chi connectivity index (χ0) is 22.1. The summed E-state index contributed by atoms with van der Waals surface area (Å²) in [7, 11) is -3.60. The van der Waals surface area contributed by atoms with Gasteiger partial charge in [-0.05, 0) is 36.8 Å². The zero-order valence-electron chi connectivity index (χ0n) is 15.9. The van der Waals surface area contributed by atoms with Crippen LogP contribution in [-0.4, -0.2) is 30.1 Å². The van der Waals surface area contributed by atoms with Crippen molar-refractivity contribution in [3.8, 4) is 0 Å². The van der Waals surface area contributed by atoms with E-state index in [9.17, 15) is 22.4 Å². The van der Waals surface area contributed by atoms with Gasteiger partial charge in [-0.15, -0.1) is 11.3 Å². The summed E-state index contributed by atoms with van der Waals surface area (Å²) in [5, 5.41) is 3.22. The number of benzene rings is 1. The third-order valence-corrected chi connectivity index (χ3v) is 6.57. The number of nitrogens with zero attached hydrogens (tertiary/aromatic N) is 2. The van der Waals surface area contributed by atoms with Gasteiger partial charge in [-0.1, -0.05) is 11.6 Å². The van der Waals surface area contributed by atoms with E-state index in [1.165, 1.54) is 41.8 Å². The summed E-state index contributed by atoms with van der Waals surface area (Å²) in [6, 6.07) is 4.79. The SMILES string of the molecule is Cc1cnc(NC(=O)C(Cc2cc(F)ccc2Cl)n2ccc(S(C)(=O)=O)cc2=O)s1. The maximum absolute atomic E-state index is 13.7. The van der Waals surface area contributed by atoms with Gasteiger partial charge in [-0.3, -0.25) is 9.59 Å². The number of pyridine rings is 1. The second-order valence-corrected chi connectivity index (χ2v) is 10.3. The Balaban J connectivity index is 2.03. The van der Waals surface area contributed by atoms with Gasteiger partial charge >= 0.3 is 0 Å². The molecule has 7 nitrogen and oxygen atoms in total. The highest BCUT2D eigenvalue weighted by Gasteiger charge is 2.25. The van der Waals surface area contributed by atoms with Crippen LogP contribution in [0.15, 0.2) is 52.4 Å². The molecule has 1 unspecified atom stereocenters. The number of aryl methyl sites for hydroxylation is 1. The third-order valence-electron chi connectivity index (χ3n) is 4.26. The Morgan fingerprint density at radius 2 is 2.07 bits per heavy atom. The number of sulfone groups is 1. The van der Waals surface area contributed by atoms with E-state index in [-0.39, 0.29) is 16.3 Å². The summed E-state index contributed by atoms with van der Waals surface area (Å²) >= 11 is 7.40. The van der Waals surface area contributed by atoms with Crippen LogP contribution in [0.2, 0.25) is 5.02 Å². The van der Waals surface area contributed by atoms with Gasteiger partial charge in [0.1, 0.15) is 11.9 Å².